The van der Waals surface area contributed by atoms with Gasteiger partial charge in [0.25, 0.3) is 5.91 Å². The molecular weight excluding hydrogens is 295 g/mol. The largest absolute Gasteiger partial charge is 0.496 e. The molecule has 2 rings (SSSR count). The summed E-state index contributed by atoms with van der Waals surface area (Å²) in [6, 6.07) is 8.48. The molecule has 1 heterocycles. The molecule has 1 atom stereocenters. The third-order valence-corrected chi connectivity index (χ3v) is 3.16. The van der Waals surface area contributed by atoms with Crippen molar-refractivity contribution in [3.8, 4) is 5.75 Å². The molecule has 1 aromatic carbocycles. The molecule has 2 aromatic rings. The molecule has 0 aliphatic heterocycles. The predicted octanol–water partition coefficient (Wildman–Crippen LogP) is 3.37. The molecule has 0 fully saturated rings. The average Bonchev–Trinajstić information content (AvgIpc) is 2.47. The van der Waals surface area contributed by atoms with Crippen LogP contribution in [0.15, 0.2) is 36.4 Å². The number of pyridine rings is 1. The third kappa shape index (κ3) is 3.70. The quantitative estimate of drug-likeness (QED) is 0.881. The zero-order valence-electron chi connectivity index (χ0n) is 11.6. The van der Waals surface area contributed by atoms with Crippen molar-refractivity contribution in [3.05, 3.63) is 58.6 Å². The number of nitrogens with one attached hydrogen (secondary N) is 1. The van der Waals surface area contributed by atoms with Crippen molar-refractivity contribution in [3.63, 3.8) is 0 Å². The second-order valence-corrected chi connectivity index (χ2v) is 4.81. The van der Waals surface area contributed by atoms with Gasteiger partial charge >= 0.3 is 0 Å². The van der Waals surface area contributed by atoms with Crippen LogP contribution in [0.4, 0.5) is 4.39 Å². The van der Waals surface area contributed by atoms with E-state index in [1.54, 1.807) is 25.1 Å². The molecule has 1 N–H and O–H groups in total. The van der Waals surface area contributed by atoms with Crippen LogP contribution in [0, 0.1) is 5.82 Å². The number of rotatable bonds is 4. The van der Waals surface area contributed by atoms with Gasteiger partial charge in [0.2, 0.25) is 0 Å². The zero-order valence-corrected chi connectivity index (χ0v) is 12.3. The number of nitrogens with zero attached hydrogens (tertiary/aromatic N) is 1. The molecule has 1 unspecified atom stereocenters. The van der Waals surface area contributed by atoms with Crippen LogP contribution in [0.2, 0.25) is 5.15 Å². The number of carbonyl (C=O) groups excluding carboxylic acids is 1. The van der Waals surface area contributed by atoms with Gasteiger partial charge in [-0.25, -0.2) is 9.37 Å². The first kappa shape index (κ1) is 15.3. The fourth-order valence-electron chi connectivity index (χ4n) is 1.93. The normalized spacial score (nSPS) is 11.8. The molecule has 0 radical (unpaired) electrons. The number of halogens is 2. The van der Waals surface area contributed by atoms with Gasteiger partial charge in [-0.1, -0.05) is 17.7 Å². The third-order valence-electron chi connectivity index (χ3n) is 2.95. The van der Waals surface area contributed by atoms with Gasteiger partial charge in [-0.3, -0.25) is 4.79 Å². The molecule has 0 bridgehead atoms. The fourth-order valence-corrected chi connectivity index (χ4v) is 2.09. The van der Waals surface area contributed by atoms with Gasteiger partial charge < -0.3 is 10.1 Å². The number of ether oxygens (including phenoxy) is 1. The summed E-state index contributed by atoms with van der Waals surface area (Å²) in [5.74, 6) is -0.285. The second kappa shape index (κ2) is 6.54. The lowest BCUT2D eigenvalue weighted by atomic mass is 10.1. The number of benzene rings is 1. The molecule has 6 heteroatoms. The minimum absolute atomic E-state index is 0.199. The van der Waals surface area contributed by atoms with E-state index in [0.717, 1.165) is 0 Å². The van der Waals surface area contributed by atoms with Crippen molar-refractivity contribution in [2.45, 2.75) is 13.0 Å². The molecule has 4 nitrogen and oxygen atoms in total. The molecule has 0 saturated carbocycles. The van der Waals surface area contributed by atoms with E-state index in [4.69, 9.17) is 16.3 Å². The topological polar surface area (TPSA) is 51.2 Å². The number of hydrogen-bond donors (Lipinski definition) is 1. The monoisotopic (exact) mass is 308 g/mol. The molecule has 0 saturated heterocycles. The van der Waals surface area contributed by atoms with Crippen molar-refractivity contribution < 1.29 is 13.9 Å². The van der Waals surface area contributed by atoms with E-state index in [0.29, 0.717) is 11.3 Å². The Morgan fingerprint density at radius 1 is 1.38 bits per heavy atom. The Labute approximate surface area is 126 Å². The maximum atomic E-state index is 13.4. The Bertz CT molecular complexity index is 664. The van der Waals surface area contributed by atoms with Crippen LogP contribution in [-0.2, 0) is 0 Å². The lowest BCUT2D eigenvalue weighted by Crippen LogP contribution is -2.27. The molecule has 110 valence electrons. The summed E-state index contributed by atoms with van der Waals surface area (Å²) in [5, 5.41) is 2.97. The second-order valence-electron chi connectivity index (χ2n) is 4.43. The number of hydrogen-bond acceptors (Lipinski definition) is 3. The lowest BCUT2D eigenvalue weighted by Gasteiger charge is -2.17. The van der Waals surface area contributed by atoms with E-state index in [-0.39, 0.29) is 10.8 Å². The number of amides is 1. The van der Waals surface area contributed by atoms with Crippen LogP contribution < -0.4 is 10.1 Å². The summed E-state index contributed by atoms with van der Waals surface area (Å²) in [6.07, 6.45) is 0. The van der Waals surface area contributed by atoms with Crippen molar-refractivity contribution in [1.82, 2.24) is 10.3 Å². The Hall–Kier alpha value is -2.14. The molecule has 21 heavy (non-hydrogen) atoms. The summed E-state index contributed by atoms with van der Waals surface area (Å²) >= 11 is 5.75. The lowest BCUT2D eigenvalue weighted by molar-refractivity contribution is 0.0934. The van der Waals surface area contributed by atoms with Gasteiger partial charge in [0.1, 0.15) is 22.4 Å². The first-order valence-corrected chi connectivity index (χ1v) is 6.66. The van der Waals surface area contributed by atoms with Crippen molar-refractivity contribution in [1.29, 1.82) is 0 Å². The number of aromatic nitrogens is 1. The summed E-state index contributed by atoms with van der Waals surface area (Å²) in [5.41, 5.74) is 0.748. The standard InChI is InChI=1S/C15H14ClFN2O2/c1-9(11-8-10(17)6-7-13(11)21-2)18-15(20)12-4-3-5-14(16)19-12/h3-9H,1-2H3,(H,18,20). The van der Waals surface area contributed by atoms with Crippen LogP contribution >= 0.6 is 11.6 Å². The van der Waals surface area contributed by atoms with Crippen LogP contribution in [0.1, 0.15) is 29.0 Å². The van der Waals surface area contributed by atoms with Crippen molar-refractivity contribution in [2.24, 2.45) is 0 Å². The summed E-state index contributed by atoms with van der Waals surface area (Å²) in [6.45, 7) is 1.74. The molecule has 1 aromatic heterocycles. The van der Waals surface area contributed by atoms with Crippen LogP contribution in [0.5, 0.6) is 5.75 Å². The van der Waals surface area contributed by atoms with Gasteiger partial charge in [-0.15, -0.1) is 0 Å². The zero-order chi connectivity index (χ0) is 15.4. The molecule has 1 amide bonds. The highest BCUT2D eigenvalue weighted by atomic mass is 35.5. The minimum Gasteiger partial charge on any atom is -0.496 e. The molecular formula is C15H14ClFN2O2. The van der Waals surface area contributed by atoms with Crippen LogP contribution in [0.3, 0.4) is 0 Å². The summed E-state index contributed by atoms with van der Waals surface area (Å²) in [4.78, 5) is 16.0. The van der Waals surface area contributed by atoms with Crippen molar-refractivity contribution in [2.75, 3.05) is 7.11 Å². The van der Waals surface area contributed by atoms with Gasteiger partial charge in [0, 0.05) is 5.56 Å². The molecule has 0 aliphatic carbocycles. The minimum atomic E-state index is -0.441. The smallest absolute Gasteiger partial charge is 0.270 e. The highest BCUT2D eigenvalue weighted by Crippen LogP contribution is 2.26. The van der Waals surface area contributed by atoms with Gasteiger partial charge in [-0.05, 0) is 37.3 Å². The van der Waals surface area contributed by atoms with Gasteiger partial charge in [0.15, 0.2) is 0 Å². The summed E-state index contributed by atoms with van der Waals surface area (Å²) in [7, 11) is 1.49. The van der Waals surface area contributed by atoms with Crippen LogP contribution in [-0.4, -0.2) is 18.0 Å². The highest BCUT2D eigenvalue weighted by Gasteiger charge is 2.16. The van der Waals surface area contributed by atoms with Gasteiger partial charge in [0.05, 0.1) is 13.2 Å². The van der Waals surface area contributed by atoms with E-state index in [2.05, 4.69) is 10.3 Å². The SMILES string of the molecule is COc1ccc(F)cc1C(C)NC(=O)c1cccc(Cl)n1. The van der Waals surface area contributed by atoms with E-state index >= 15 is 0 Å². The maximum Gasteiger partial charge on any atom is 0.270 e. The molecule has 0 spiro atoms. The van der Waals surface area contributed by atoms with E-state index in [9.17, 15) is 9.18 Å². The fraction of sp³-hybridized carbons (Fsp3) is 0.200. The highest BCUT2D eigenvalue weighted by molar-refractivity contribution is 6.29. The Kier molecular flexibility index (Phi) is 4.75. The van der Waals surface area contributed by atoms with Gasteiger partial charge in [-0.2, -0.15) is 0 Å². The summed E-state index contributed by atoms with van der Waals surface area (Å²) < 4.78 is 18.5. The van der Waals surface area contributed by atoms with E-state index < -0.39 is 17.8 Å². The first-order valence-electron chi connectivity index (χ1n) is 6.28. The maximum absolute atomic E-state index is 13.4. The van der Waals surface area contributed by atoms with E-state index in [1.165, 1.54) is 25.3 Å². The Morgan fingerprint density at radius 2 is 2.14 bits per heavy atom. The number of carbonyl (C=O) groups is 1. The van der Waals surface area contributed by atoms with Crippen LogP contribution in [0.25, 0.3) is 0 Å². The average molecular weight is 309 g/mol. The Morgan fingerprint density at radius 3 is 2.81 bits per heavy atom. The van der Waals surface area contributed by atoms with E-state index in [1.807, 2.05) is 0 Å². The molecule has 0 aliphatic rings. The first-order chi connectivity index (χ1) is 10.0. The predicted molar refractivity (Wildman–Crippen MR) is 78.1 cm³/mol. The van der Waals surface area contributed by atoms with Crippen molar-refractivity contribution >= 4 is 17.5 Å². The Balaban J connectivity index is 2.20. The number of methoxy groups -OCH3 is 1.